The third-order valence-corrected chi connectivity index (χ3v) is 16.9. The first-order valence-corrected chi connectivity index (χ1v) is 28.7. The number of hydrogen-bond acceptors (Lipinski definition) is 3. The minimum absolute atomic E-state index is 0.192. The van der Waals surface area contributed by atoms with E-state index in [2.05, 4.69) is 354 Å². The van der Waals surface area contributed by atoms with E-state index in [0.717, 1.165) is 84.6 Å². The lowest BCUT2D eigenvalue weighted by molar-refractivity contribution is 0.751. The predicted molar refractivity (Wildman–Crippen MR) is 350 cm³/mol. The van der Waals surface area contributed by atoms with Gasteiger partial charge in [0.05, 0.1) is 11.1 Å². The Morgan fingerprint density at radius 2 is 0.651 bits per heavy atom. The van der Waals surface area contributed by atoms with E-state index in [9.17, 15) is 0 Å². The molecule has 13 aromatic rings. The van der Waals surface area contributed by atoms with Crippen molar-refractivity contribution in [2.24, 2.45) is 0 Å². The van der Waals surface area contributed by atoms with Gasteiger partial charge in [0.25, 0.3) is 0 Å². The van der Waals surface area contributed by atoms with E-state index >= 15 is 0 Å². The Morgan fingerprint density at radius 3 is 1.10 bits per heavy atom. The van der Waals surface area contributed by atoms with Crippen LogP contribution in [-0.4, -0.2) is 6.71 Å². The number of anilines is 9. The van der Waals surface area contributed by atoms with Crippen molar-refractivity contribution < 1.29 is 0 Å². The number of nitrogens with zero attached hydrogens (tertiary/aromatic N) is 3. The quantitative estimate of drug-likeness (QED) is 0.113. The lowest BCUT2D eigenvalue weighted by Gasteiger charge is -2.49. The summed E-state index contributed by atoms with van der Waals surface area (Å²) in [5.74, 6) is 0. The Labute approximate surface area is 487 Å². The molecule has 3 nitrogen and oxygen atoms in total. The van der Waals surface area contributed by atoms with Gasteiger partial charge in [0.2, 0.25) is 6.71 Å². The van der Waals surface area contributed by atoms with E-state index in [-0.39, 0.29) is 6.71 Å². The highest BCUT2D eigenvalue weighted by atomic mass is 15.2. The largest absolute Gasteiger partial charge is 0.310 e. The van der Waals surface area contributed by atoms with Gasteiger partial charge < -0.3 is 14.7 Å². The summed E-state index contributed by atoms with van der Waals surface area (Å²) in [5, 5.41) is 0. The van der Waals surface area contributed by atoms with E-state index in [0.29, 0.717) is 0 Å². The summed E-state index contributed by atoms with van der Waals surface area (Å²) in [6, 6.07) is 125. The fourth-order valence-corrected chi connectivity index (χ4v) is 13.5. The van der Waals surface area contributed by atoms with Gasteiger partial charge in [-0.15, -0.1) is 0 Å². The van der Waals surface area contributed by atoms with Crippen LogP contribution in [0.5, 0.6) is 0 Å². The second-order valence-corrected chi connectivity index (χ2v) is 21.5. The second kappa shape index (κ2) is 21.1. The maximum absolute atomic E-state index is 2.66. The molecule has 4 heteroatoms. The SMILES string of the molecule is c1ccc(-c2cc3c4c(c2)C(c2ccccc2)(c2ccccc2)c2cc(N(c5ccccc5)c5ccccc5)ccc2B4c2ccc(N(c4ccccc4)c4ccccc4)cc2N3c2c(-c3ccccc3)cccc2-c2ccccc2)cc1. The van der Waals surface area contributed by atoms with E-state index in [1.54, 1.807) is 0 Å². The van der Waals surface area contributed by atoms with Crippen LogP contribution in [0.4, 0.5) is 51.2 Å². The molecular formula is C79H56BN3. The van der Waals surface area contributed by atoms with Gasteiger partial charge in [-0.05, 0) is 140 Å². The lowest BCUT2D eigenvalue weighted by atomic mass is 9.29. The van der Waals surface area contributed by atoms with Gasteiger partial charge in [0.15, 0.2) is 0 Å². The van der Waals surface area contributed by atoms with Crippen molar-refractivity contribution in [1.29, 1.82) is 0 Å². The molecule has 0 amide bonds. The zero-order valence-corrected chi connectivity index (χ0v) is 45.8. The van der Waals surface area contributed by atoms with Gasteiger partial charge >= 0.3 is 0 Å². The highest BCUT2D eigenvalue weighted by Gasteiger charge is 2.52. The zero-order chi connectivity index (χ0) is 55.1. The molecule has 13 aromatic carbocycles. The Morgan fingerprint density at radius 1 is 0.265 bits per heavy atom. The van der Waals surface area contributed by atoms with E-state index in [1.807, 2.05) is 0 Å². The molecule has 2 aliphatic heterocycles. The smallest absolute Gasteiger partial charge is 0.247 e. The molecular weight excluding hydrogens is 1000 g/mol. The summed E-state index contributed by atoms with van der Waals surface area (Å²) < 4.78 is 0. The predicted octanol–water partition coefficient (Wildman–Crippen LogP) is 18.6. The molecule has 2 heterocycles. The highest BCUT2D eigenvalue weighted by molar-refractivity contribution is 6.99. The Balaban J connectivity index is 1.13. The van der Waals surface area contributed by atoms with Crippen molar-refractivity contribution in [2.75, 3.05) is 14.7 Å². The van der Waals surface area contributed by atoms with Crippen molar-refractivity contribution >= 4 is 74.3 Å². The first kappa shape index (κ1) is 49.4. The van der Waals surface area contributed by atoms with Crippen LogP contribution in [0.25, 0.3) is 33.4 Å². The number of rotatable bonds is 12. The van der Waals surface area contributed by atoms with E-state index in [4.69, 9.17) is 0 Å². The number of para-hydroxylation sites is 5. The number of benzene rings is 13. The van der Waals surface area contributed by atoms with Crippen molar-refractivity contribution in [3.05, 3.63) is 362 Å². The average molecular weight is 1060 g/mol. The first-order valence-electron chi connectivity index (χ1n) is 28.7. The molecule has 0 N–H and O–H groups in total. The molecule has 0 bridgehead atoms. The standard InChI is InChI=1S/C79H56BN3/c1-10-29-57(30-11-1)60-53-72-77-76(54-60)83(78-69(58-31-12-2-13-32-58)47-28-48-70(78)59-33-14-3-15-34-59)75-56-68(82(65-43-24-8-25-44-65)66-45-26-9-27-46-66)50-52-74(75)80(77)73-51-49-67(81(63-39-20-6-21-40-63)64-41-22-7-23-42-64)55-71(73)79(72,61-35-16-4-17-36-61)62-37-18-5-19-38-62/h1-56H. The van der Waals surface area contributed by atoms with Crippen LogP contribution in [0.1, 0.15) is 22.3 Å². The van der Waals surface area contributed by atoms with Crippen molar-refractivity contribution in [3.8, 4) is 33.4 Å². The molecule has 0 spiro atoms. The summed E-state index contributed by atoms with van der Waals surface area (Å²) in [6.07, 6.45) is 0. The molecule has 0 aromatic heterocycles. The van der Waals surface area contributed by atoms with Crippen LogP contribution < -0.4 is 31.1 Å². The summed E-state index contributed by atoms with van der Waals surface area (Å²) in [4.78, 5) is 7.48. The monoisotopic (exact) mass is 1060 g/mol. The fourth-order valence-electron chi connectivity index (χ4n) is 13.5. The van der Waals surface area contributed by atoms with Crippen molar-refractivity contribution in [3.63, 3.8) is 0 Å². The maximum Gasteiger partial charge on any atom is 0.247 e. The van der Waals surface area contributed by atoms with E-state index in [1.165, 1.54) is 38.6 Å². The number of hydrogen-bond donors (Lipinski definition) is 0. The van der Waals surface area contributed by atoms with E-state index < -0.39 is 5.41 Å². The van der Waals surface area contributed by atoms with Crippen molar-refractivity contribution in [2.45, 2.75) is 5.41 Å². The Bertz CT molecular complexity index is 4240. The molecule has 0 unspecified atom stereocenters. The Kier molecular flexibility index (Phi) is 12.5. The summed E-state index contributed by atoms with van der Waals surface area (Å²) in [5.41, 5.74) is 24.6. The molecule has 0 saturated heterocycles. The molecule has 0 fully saturated rings. The van der Waals surface area contributed by atoms with Crippen LogP contribution in [-0.2, 0) is 5.41 Å². The second-order valence-electron chi connectivity index (χ2n) is 21.5. The molecule has 0 atom stereocenters. The third-order valence-electron chi connectivity index (χ3n) is 16.9. The summed E-state index contributed by atoms with van der Waals surface area (Å²) >= 11 is 0. The van der Waals surface area contributed by atoms with Gasteiger partial charge in [0, 0.05) is 56.6 Å². The fraction of sp³-hybridized carbons (Fsp3) is 0.0127. The molecule has 2 aliphatic rings. The molecule has 15 rings (SSSR count). The van der Waals surface area contributed by atoms with Crippen LogP contribution in [0.2, 0.25) is 0 Å². The van der Waals surface area contributed by atoms with Crippen LogP contribution in [0.15, 0.2) is 340 Å². The van der Waals surface area contributed by atoms with Crippen LogP contribution in [0.3, 0.4) is 0 Å². The molecule has 0 saturated carbocycles. The highest BCUT2D eigenvalue weighted by Crippen LogP contribution is 2.55. The Hall–Kier alpha value is -10.7. The van der Waals surface area contributed by atoms with Gasteiger partial charge in [-0.3, -0.25) is 0 Å². The van der Waals surface area contributed by atoms with Crippen LogP contribution >= 0.6 is 0 Å². The summed E-state index contributed by atoms with van der Waals surface area (Å²) in [6.45, 7) is -0.192. The lowest BCUT2D eigenvalue weighted by Crippen LogP contribution is -2.65. The minimum Gasteiger partial charge on any atom is -0.310 e. The van der Waals surface area contributed by atoms with Gasteiger partial charge in [-0.25, -0.2) is 0 Å². The third kappa shape index (κ3) is 8.46. The average Bonchev–Trinajstić information content (AvgIpc) is 1.17. The van der Waals surface area contributed by atoms with Crippen molar-refractivity contribution in [1.82, 2.24) is 0 Å². The first-order chi connectivity index (χ1) is 41.2. The minimum atomic E-state index is -0.819. The summed E-state index contributed by atoms with van der Waals surface area (Å²) in [7, 11) is 0. The topological polar surface area (TPSA) is 9.72 Å². The van der Waals surface area contributed by atoms with Gasteiger partial charge in [0.1, 0.15) is 0 Å². The normalized spacial score (nSPS) is 12.6. The number of fused-ring (bicyclic) bond motifs is 4. The molecule has 390 valence electrons. The molecule has 0 radical (unpaired) electrons. The van der Waals surface area contributed by atoms with Gasteiger partial charge in [-0.1, -0.05) is 260 Å². The van der Waals surface area contributed by atoms with Gasteiger partial charge in [-0.2, -0.15) is 0 Å². The molecule has 0 aliphatic carbocycles. The molecule has 83 heavy (non-hydrogen) atoms. The van der Waals surface area contributed by atoms with Crippen LogP contribution in [0, 0.1) is 0 Å². The maximum atomic E-state index is 2.66. The zero-order valence-electron chi connectivity index (χ0n) is 45.8.